The summed E-state index contributed by atoms with van der Waals surface area (Å²) in [4.78, 5) is 12.0. The third-order valence-corrected chi connectivity index (χ3v) is 4.23. The Morgan fingerprint density at radius 1 is 1.39 bits per heavy atom. The Morgan fingerprint density at radius 2 is 2.17 bits per heavy atom. The SMILES string of the molecule is CC(NC(=O)CC1CCCNC1)C1CCOCC1. The molecule has 0 saturated carbocycles. The highest BCUT2D eigenvalue weighted by Crippen LogP contribution is 2.19. The Labute approximate surface area is 110 Å². The highest BCUT2D eigenvalue weighted by molar-refractivity contribution is 5.76. The highest BCUT2D eigenvalue weighted by atomic mass is 16.5. The maximum absolute atomic E-state index is 12.0. The van der Waals surface area contributed by atoms with Crippen molar-refractivity contribution in [2.45, 2.75) is 45.1 Å². The molecule has 0 spiro atoms. The van der Waals surface area contributed by atoms with Gasteiger partial charge in [0.1, 0.15) is 0 Å². The predicted molar refractivity (Wildman–Crippen MR) is 71.4 cm³/mol. The fraction of sp³-hybridized carbons (Fsp3) is 0.929. The molecule has 0 aromatic rings. The van der Waals surface area contributed by atoms with Gasteiger partial charge in [0.2, 0.25) is 5.91 Å². The normalized spacial score (nSPS) is 27.7. The van der Waals surface area contributed by atoms with Gasteiger partial charge in [-0.2, -0.15) is 0 Å². The number of nitrogens with one attached hydrogen (secondary N) is 2. The fourth-order valence-electron chi connectivity index (χ4n) is 3.01. The van der Waals surface area contributed by atoms with Crippen molar-refractivity contribution in [1.82, 2.24) is 10.6 Å². The number of hydrogen-bond acceptors (Lipinski definition) is 3. The molecule has 104 valence electrons. The van der Waals surface area contributed by atoms with E-state index >= 15 is 0 Å². The van der Waals surface area contributed by atoms with E-state index in [-0.39, 0.29) is 11.9 Å². The number of ether oxygens (including phenoxy) is 1. The molecule has 0 aliphatic carbocycles. The molecule has 4 nitrogen and oxygen atoms in total. The summed E-state index contributed by atoms with van der Waals surface area (Å²) in [6.45, 7) is 5.93. The van der Waals surface area contributed by atoms with Crippen LogP contribution in [0.15, 0.2) is 0 Å². The molecule has 2 unspecified atom stereocenters. The second kappa shape index (κ2) is 7.10. The molecule has 1 amide bonds. The Hall–Kier alpha value is -0.610. The van der Waals surface area contributed by atoms with Crippen LogP contribution in [-0.4, -0.2) is 38.3 Å². The first kappa shape index (κ1) is 13.8. The quantitative estimate of drug-likeness (QED) is 0.795. The maximum Gasteiger partial charge on any atom is 0.220 e. The second-order valence-corrected chi connectivity index (χ2v) is 5.72. The van der Waals surface area contributed by atoms with Crippen LogP contribution in [0.5, 0.6) is 0 Å². The van der Waals surface area contributed by atoms with Gasteiger partial charge in [0.15, 0.2) is 0 Å². The van der Waals surface area contributed by atoms with Crippen molar-refractivity contribution in [2.24, 2.45) is 11.8 Å². The molecule has 18 heavy (non-hydrogen) atoms. The second-order valence-electron chi connectivity index (χ2n) is 5.72. The molecule has 2 aliphatic rings. The van der Waals surface area contributed by atoms with Gasteiger partial charge in [0, 0.05) is 25.7 Å². The van der Waals surface area contributed by atoms with E-state index in [1.165, 1.54) is 12.8 Å². The molecule has 2 rings (SSSR count). The molecule has 2 fully saturated rings. The van der Waals surface area contributed by atoms with E-state index in [1.807, 2.05) is 0 Å². The third-order valence-electron chi connectivity index (χ3n) is 4.23. The lowest BCUT2D eigenvalue weighted by atomic mass is 9.92. The van der Waals surface area contributed by atoms with Crippen molar-refractivity contribution >= 4 is 5.91 Å². The van der Waals surface area contributed by atoms with Crippen LogP contribution in [0.4, 0.5) is 0 Å². The summed E-state index contributed by atoms with van der Waals surface area (Å²) in [5, 5.41) is 6.53. The van der Waals surface area contributed by atoms with Gasteiger partial charge in [-0.05, 0) is 57.5 Å². The number of rotatable bonds is 4. The zero-order chi connectivity index (χ0) is 12.8. The van der Waals surface area contributed by atoms with Crippen LogP contribution < -0.4 is 10.6 Å². The first-order valence-corrected chi connectivity index (χ1v) is 7.33. The molecule has 2 N–H and O–H groups in total. The fourth-order valence-corrected chi connectivity index (χ4v) is 3.01. The van der Waals surface area contributed by atoms with Crippen LogP contribution in [0.2, 0.25) is 0 Å². The van der Waals surface area contributed by atoms with E-state index in [2.05, 4.69) is 17.6 Å². The largest absolute Gasteiger partial charge is 0.381 e. The summed E-state index contributed by atoms with van der Waals surface area (Å²) in [6, 6.07) is 0.290. The van der Waals surface area contributed by atoms with E-state index in [9.17, 15) is 4.79 Å². The first-order valence-electron chi connectivity index (χ1n) is 7.33. The molecule has 0 radical (unpaired) electrons. The maximum atomic E-state index is 12.0. The average molecular weight is 254 g/mol. The average Bonchev–Trinajstić information content (AvgIpc) is 2.40. The van der Waals surface area contributed by atoms with Gasteiger partial charge in [-0.25, -0.2) is 0 Å². The van der Waals surface area contributed by atoms with E-state index in [0.717, 1.165) is 39.1 Å². The minimum Gasteiger partial charge on any atom is -0.381 e. The molecule has 0 bridgehead atoms. The van der Waals surface area contributed by atoms with Crippen molar-refractivity contribution in [3.05, 3.63) is 0 Å². The Morgan fingerprint density at radius 3 is 2.83 bits per heavy atom. The van der Waals surface area contributed by atoms with Crippen LogP contribution >= 0.6 is 0 Å². The van der Waals surface area contributed by atoms with Gasteiger partial charge in [-0.15, -0.1) is 0 Å². The lowest BCUT2D eigenvalue weighted by molar-refractivity contribution is -0.123. The molecule has 2 saturated heterocycles. The van der Waals surface area contributed by atoms with Crippen molar-refractivity contribution in [1.29, 1.82) is 0 Å². The molecular weight excluding hydrogens is 228 g/mol. The highest BCUT2D eigenvalue weighted by Gasteiger charge is 2.23. The van der Waals surface area contributed by atoms with Crippen LogP contribution in [0.3, 0.4) is 0 Å². The summed E-state index contributed by atoms with van der Waals surface area (Å²) in [6.07, 6.45) is 5.22. The lowest BCUT2D eigenvalue weighted by Gasteiger charge is -2.29. The van der Waals surface area contributed by atoms with E-state index < -0.39 is 0 Å². The summed E-state index contributed by atoms with van der Waals surface area (Å²) in [5.74, 6) is 1.34. The summed E-state index contributed by atoms with van der Waals surface area (Å²) < 4.78 is 5.36. The predicted octanol–water partition coefficient (Wildman–Crippen LogP) is 1.31. The summed E-state index contributed by atoms with van der Waals surface area (Å²) >= 11 is 0. The molecule has 2 aliphatic heterocycles. The van der Waals surface area contributed by atoms with E-state index in [0.29, 0.717) is 18.3 Å². The van der Waals surface area contributed by atoms with Crippen LogP contribution in [0, 0.1) is 11.8 Å². The summed E-state index contributed by atoms with van der Waals surface area (Å²) in [7, 11) is 0. The number of amides is 1. The van der Waals surface area contributed by atoms with E-state index in [1.54, 1.807) is 0 Å². The number of hydrogen-bond donors (Lipinski definition) is 2. The molecule has 0 aromatic carbocycles. The Balaban J connectivity index is 1.68. The van der Waals surface area contributed by atoms with Gasteiger partial charge >= 0.3 is 0 Å². The van der Waals surface area contributed by atoms with Crippen molar-refractivity contribution in [3.8, 4) is 0 Å². The van der Waals surface area contributed by atoms with E-state index in [4.69, 9.17) is 4.74 Å². The summed E-state index contributed by atoms with van der Waals surface area (Å²) in [5.41, 5.74) is 0. The smallest absolute Gasteiger partial charge is 0.220 e. The molecule has 0 aromatic heterocycles. The lowest BCUT2D eigenvalue weighted by Crippen LogP contribution is -2.42. The first-order chi connectivity index (χ1) is 8.75. The zero-order valence-electron chi connectivity index (χ0n) is 11.4. The third kappa shape index (κ3) is 4.25. The standard InChI is InChI=1S/C14H26N2O2/c1-11(13-4-7-18-8-5-13)16-14(17)9-12-3-2-6-15-10-12/h11-13,15H,2-10H2,1H3,(H,16,17). The molecule has 2 atom stereocenters. The Kier molecular flexibility index (Phi) is 5.45. The number of piperidine rings is 1. The van der Waals surface area contributed by atoms with Crippen LogP contribution in [0.1, 0.15) is 39.0 Å². The molecular formula is C14H26N2O2. The zero-order valence-corrected chi connectivity index (χ0v) is 11.4. The molecule has 2 heterocycles. The molecule has 4 heteroatoms. The van der Waals surface area contributed by atoms with Gasteiger partial charge < -0.3 is 15.4 Å². The van der Waals surface area contributed by atoms with Gasteiger partial charge in [-0.3, -0.25) is 4.79 Å². The number of carbonyl (C=O) groups excluding carboxylic acids is 1. The monoisotopic (exact) mass is 254 g/mol. The van der Waals surface area contributed by atoms with Crippen molar-refractivity contribution in [3.63, 3.8) is 0 Å². The van der Waals surface area contributed by atoms with Gasteiger partial charge in [0.05, 0.1) is 0 Å². The van der Waals surface area contributed by atoms with Gasteiger partial charge in [-0.1, -0.05) is 0 Å². The topological polar surface area (TPSA) is 50.4 Å². The minimum atomic E-state index is 0.225. The van der Waals surface area contributed by atoms with Crippen LogP contribution in [0.25, 0.3) is 0 Å². The Bertz CT molecular complexity index is 259. The minimum absolute atomic E-state index is 0.225. The van der Waals surface area contributed by atoms with Gasteiger partial charge in [0.25, 0.3) is 0 Å². The van der Waals surface area contributed by atoms with Crippen LogP contribution in [-0.2, 0) is 9.53 Å². The number of carbonyl (C=O) groups is 1. The van der Waals surface area contributed by atoms with Crippen molar-refractivity contribution in [2.75, 3.05) is 26.3 Å². The van der Waals surface area contributed by atoms with Crippen molar-refractivity contribution < 1.29 is 9.53 Å².